The van der Waals surface area contributed by atoms with Gasteiger partial charge in [-0.2, -0.15) is 0 Å². The smallest absolute Gasteiger partial charge is 0.255 e. The Morgan fingerprint density at radius 2 is 1.49 bits per heavy atom. The molecule has 6 heteroatoms. The van der Waals surface area contributed by atoms with Gasteiger partial charge in [0.2, 0.25) is 0 Å². The van der Waals surface area contributed by atoms with E-state index in [4.69, 9.17) is 0 Å². The van der Waals surface area contributed by atoms with E-state index in [0.29, 0.717) is 22.7 Å². The first-order chi connectivity index (χ1) is 20.7. The van der Waals surface area contributed by atoms with Gasteiger partial charge in [-0.15, -0.1) is 0 Å². The summed E-state index contributed by atoms with van der Waals surface area (Å²) < 4.78 is 13.4. The van der Waals surface area contributed by atoms with E-state index in [1.54, 1.807) is 18.2 Å². The van der Waals surface area contributed by atoms with Crippen LogP contribution in [0.4, 0.5) is 15.8 Å². The second-order valence-electron chi connectivity index (χ2n) is 12.4. The molecule has 5 rings (SSSR count). The third kappa shape index (κ3) is 7.89. The highest BCUT2D eigenvalue weighted by atomic mass is 19.1. The lowest BCUT2D eigenvalue weighted by atomic mass is 9.87. The van der Waals surface area contributed by atoms with Crippen LogP contribution >= 0.6 is 0 Å². The fraction of sp³-hybridized carbons (Fsp3) is 0.297. The van der Waals surface area contributed by atoms with Gasteiger partial charge in [-0.3, -0.25) is 9.59 Å². The van der Waals surface area contributed by atoms with Crippen molar-refractivity contribution in [2.75, 3.05) is 23.3 Å². The van der Waals surface area contributed by atoms with Crippen LogP contribution in [0.25, 0.3) is 0 Å². The molecule has 0 radical (unpaired) electrons. The Bertz CT molecular complexity index is 1540. The first kappa shape index (κ1) is 30.0. The van der Waals surface area contributed by atoms with Crippen molar-refractivity contribution < 1.29 is 14.0 Å². The predicted molar refractivity (Wildman–Crippen MR) is 172 cm³/mol. The number of hydrogen-bond donors (Lipinski definition) is 2. The Balaban J connectivity index is 1.32. The van der Waals surface area contributed by atoms with Gasteiger partial charge in [0.1, 0.15) is 5.82 Å². The highest BCUT2D eigenvalue weighted by molar-refractivity contribution is 6.06. The van der Waals surface area contributed by atoms with Crippen LogP contribution in [0.1, 0.15) is 71.0 Å². The topological polar surface area (TPSA) is 61.4 Å². The number of benzene rings is 4. The van der Waals surface area contributed by atoms with Crippen LogP contribution in [0.2, 0.25) is 0 Å². The highest BCUT2D eigenvalue weighted by Crippen LogP contribution is 2.31. The van der Waals surface area contributed by atoms with Gasteiger partial charge in [-0.1, -0.05) is 75.4 Å². The summed E-state index contributed by atoms with van der Waals surface area (Å²) in [5.74, 6) is -0.189. The SMILES string of the molecule is CC(C)(C)c1ccc(C(=O)Nc2ccc(N3CCC(Cc4ccccc4)CC3)c(C(=O)NCc3ccc(F)cc3)c2)cc1. The van der Waals surface area contributed by atoms with Crippen LogP contribution in [0.3, 0.4) is 0 Å². The van der Waals surface area contributed by atoms with E-state index >= 15 is 0 Å². The van der Waals surface area contributed by atoms with Gasteiger partial charge >= 0.3 is 0 Å². The van der Waals surface area contributed by atoms with Crippen molar-refractivity contribution in [3.63, 3.8) is 0 Å². The lowest BCUT2D eigenvalue weighted by Crippen LogP contribution is -2.36. The maximum Gasteiger partial charge on any atom is 0.255 e. The summed E-state index contributed by atoms with van der Waals surface area (Å²) in [6.45, 7) is 8.38. The fourth-order valence-corrected chi connectivity index (χ4v) is 5.60. The maximum absolute atomic E-state index is 13.6. The largest absolute Gasteiger partial charge is 0.371 e. The van der Waals surface area contributed by atoms with Crippen LogP contribution in [-0.4, -0.2) is 24.9 Å². The summed E-state index contributed by atoms with van der Waals surface area (Å²) in [4.78, 5) is 29.0. The van der Waals surface area contributed by atoms with Crippen LogP contribution in [0.15, 0.2) is 97.1 Å². The van der Waals surface area contributed by atoms with Crippen molar-refractivity contribution in [3.8, 4) is 0 Å². The molecule has 1 aliphatic heterocycles. The van der Waals surface area contributed by atoms with E-state index < -0.39 is 0 Å². The molecule has 2 N–H and O–H groups in total. The fourth-order valence-electron chi connectivity index (χ4n) is 5.60. The summed E-state index contributed by atoms with van der Waals surface area (Å²) in [5.41, 5.74) is 5.78. The zero-order valence-electron chi connectivity index (χ0n) is 25.2. The predicted octanol–water partition coefficient (Wildman–Crippen LogP) is 7.76. The number of hydrogen-bond acceptors (Lipinski definition) is 3. The van der Waals surface area contributed by atoms with E-state index in [1.807, 2.05) is 42.5 Å². The molecule has 0 atom stereocenters. The van der Waals surface area contributed by atoms with Gasteiger partial charge in [0, 0.05) is 36.6 Å². The van der Waals surface area contributed by atoms with E-state index in [0.717, 1.165) is 49.2 Å². The number of nitrogens with one attached hydrogen (secondary N) is 2. The van der Waals surface area contributed by atoms with E-state index in [9.17, 15) is 14.0 Å². The molecule has 0 aliphatic carbocycles. The Morgan fingerprint density at radius 3 is 2.14 bits per heavy atom. The van der Waals surface area contributed by atoms with E-state index in [2.05, 4.69) is 60.6 Å². The molecular weight excluding hydrogens is 537 g/mol. The van der Waals surface area contributed by atoms with Crippen LogP contribution in [0, 0.1) is 11.7 Å². The molecule has 0 spiro atoms. The quantitative estimate of drug-likeness (QED) is 0.225. The minimum atomic E-state index is -0.315. The van der Waals surface area contributed by atoms with Crippen LogP contribution < -0.4 is 15.5 Å². The number of carbonyl (C=O) groups is 2. The van der Waals surface area contributed by atoms with Crippen molar-refractivity contribution in [2.24, 2.45) is 5.92 Å². The number of anilines is 2. The molecule has 0 saturated carbocycles. The minimum Gasteiger partial charge on any atom is -0.371 e. The molecule has 5 nitrogen and oxygen atoms in total. The van der Waals surface area contributed by atoms with Crippen molar-refractivity contribution >= 4 is 23.2 Å². The number of piperidine rings is 1. The number of rotatable bonds is 8. The van der Waals surface area contributed by atoms with E-state index in [1.165, 1.54) is 17.7 Å². The molecule has 1 heterocycles. The normalized spacial score (nSPS) is 13.9. The molecule has 43 heavy (non-hydrogen) atoms. The van der Waals surface area contributed by atoms with Crippen molar-refractivity contribution in [3.05, 3.63) is 131 Å². The number of carbonyl (C=O) groups excluding carboxylic acids is 2. The Kier molecular flexibility index (Phi) is 9.24. The third-order valence-electron chi connectivity index (χ3n) is 8.20. The highest BCUT2D eigenvalue weighted by Gasteiger charge is 2.24. The number of halogens is 1. The molecule has 1 fully saturated rings. The zero-order valence-corrected chi connectivity index (χ0v) is 25.2. The van der Waals surface area contributed by atoms with Gasteiger partial charge < -0.3 is 15.5 Å². The van der Waals surface area contributed by atoms with Crippen molar-refractivity contribution in [2.45, 2.75) is 52.0 Å². The second-order valence-corrected chi connectivity index (χ2v) is 12.4. The van der Waals surface area contributed by atoms with Gasteiger partial charge in [-0.25, -0.2) is 4.39 Å². The molecule has 1 saturated heterocycles. The second kappa shape index (κ2) is 13.2. The molecule has 0 aromatic heterocycles. The summed E-state index contributed by atoms with van der Waals surface area (Å²) in [6, 6.07) is 29.9. The minimum absolute atomic E-state index is 0.00295. The summed E-state index contributed by atoms with van der Waals surface area (Å²) in [6.07, 6.45) is 3.13. The van der Waals surface area contributed by atoms with Gasteiger partial charge in [0.15, 0.2) is 0 Å². The summed E-state index contributed by atoms with van der Waals surface area (Å²) in [7, 11) is 0. The lowest BCUT2D eigenvalue weighted by molar-refractivity contribution is 0.0950. The molecule has 2 amide bonds. The lowest BCUT2D eigenvalue weighted by Gasteiger charge is -2.35. The van der Waals surface area contributed by atoms with Crippen LogP contribution in [0.5, 0.6) is 0 Å². The maximum atomic E-state index is 13.6. The standard InChI is InChI=1S/C37H40FN3O2/c1-37(2,3)30-13-11-29(12-14-30)35(42)40-32-17-18-34(33(24-32)36(43)39-25-28-9-15-31(38)16-10-28)41-21-19-27(20-22-41)23-26-7-5-4-6-8-26/h4-18,24,27H,19-23,25H2,1-3H3,(H,39,43)(H,40,42). The summed E-state index contributed by atoms with van der Waals surface area (Å²) >= 11 is 0. The van der Waals surface area contributed by atoms with E-state index in [-0.39, 0.29) is 29.6 Å². The zero-order chi connectivity index (χ0) is 30.4. The average molecular weight is 578 g/mol. The Labute approximate surface area is 254 Å². The monoisotopic (exact) mass is 577 g/mol. The van der Waals surface area contributed by atoms with Gasteiger partial charge in [-0.05, 0) is 89.8 Å². The Morgan fingerprint density at radius 1 is 0.814 bits per heavy atom. The van der Waals surface area contributed by atoms with Crippen molar-refractivity contribution in [1.82, 2.24) is 5.32 Å². The molecule has 4 aromatic carbocycles. The van der Waals surface area contributed by atoms with Crippen molar-refractivity contribution in [1.29, 1.82) is 0 Å². The molecular formula is C37H40FN3O2. The third-order valence-corrected chi connectivity index (χ3v) is 8.20. The molecule has 0 bridgehead atoms. The first-order valence-corrected chi connectivity index (χ1v) is 15.0. The molecule has 0 unspecified atom stereocenters. The Hall–Kier alpha value is -4.45. The first-order valence-electron chi connectivity index (χ1n) is 15.0. The average Bonchev–Trinajstić information content (AvgIpc) is 3.01. The molecule has 4 aromatic rings. The number of nitrogens with zero attached hydrogens (tertiary/aromatic N) is 1. The molecule has 1 aliphatic rings. The van der Waals surface area contributed by atoms with Gasteiger partial charge in [0.25, 0.3) is 11.8 Å². The summed E-state index contributed by atoms with van der Waals surface area (Å²) in [5, 5.41) is 5.96. The molecule has 222 valence electrons. The van der Waals surface area contributed by atoms with Gasteiger partial charge in [0.05, 0.1) is 5.56 Å². The number of amides is 2. The van der Waals surface area contributed by atoms with Crippen LogP contribution in [-0.2, 0) is 18.4 Å².